The SMILES string of the molecule is COc1c(OC2CCN(C)CC2)cccc1C1(CN)CC1. The number of likely N-dealkylation sites (tertiary alicyclic amines) is 1. The molecule has 1 aliphatic heterocycles. The van der Waals surface area contributed by atoms with Crippen molar-refractivity contribution in [2.24, 2.45) is 5.73 Å². The van der Waals surface area contributed by atoms with Crippen LogP contribution >= 0.6 is 0 Å². The third-order valence-corrected chi connectivity index (χ3v) is 4.96. The van der Waals surface area contributed by atoms with E-state index in [0.717, 1.165) is 50.3 Å². The van der Waals surface area contributed by atoms with Crippen LogP contribution in [0.5, 0.6) is 11.5 Å². The maximum absolute atomic E-state index is 6.24. The number of nitrogens with zero attached hydrogens (tertiary/aromatic N) is 1. The van der Waals surface area contributed by atoms with Crippen molar-refractivity contribution in [3.63, 3.8) is 0 Å². The van der Waals surface area contributed by atoms with E-state index >= 15 is 0 Å². The van der Waals surface area contributed by atoms with E-state index in [1.807, 2.05) is 6.07 Å². The van der Waals surface area contributed by atoms with Crippen molar-refractivity contribution in [2.75, 3.05) is 33.8 Å². The third kappa shape index (κ3) is 2.87. The predicted octanol–water partition coefficient (Wildman–Crippen LogP) is 2.16. The van der Waals surface area contributed by atoms with Crippen LogP contribution in [-0.2, 0) is 5.41 Å². The number of hydrogen-bond acceptors (Lipinski definition) is 4. The number of rotatable bonds is 5. The summed E-state index contributed by atoms with van der Waals surface area (Å²) in [6, 6.07) is 6.23. The first-order valence-electron chi connectivity index (χ1n) is 7.91. The lowest BCUT2D eigenvalue weighted by molar-refractivity contribution is 0.111. The number of piperidine rings is 1. The van der Waals surface area contributed by atoms with Crippen molar-refractivity contribution < 1.29 is 9.47 Å². The average Bonchev–Trinajstić information content (AvgIpc) is 3.30. The molecule has 0 unspecified atom stereocenters. The van der Waals surface area contributed by atoms with Gasteiger partial charge in [-0.2, -0.15) is 0 Å². The van der Waals surface area contributed by atoms with Crippen molar-refractivity contribution in [1.29, 1.82) is 0 Å². The molecule has 4 heteroatoms. The Kier molecular flexibility index (Phi) is 4.09. The Morgan fingerprint density at radius 3 is 2.57 bits per heavy atom. The Balaban J connectivity index is 1.80. The van der Waals surface area contributed by atoms with E-state index in [-0.39, 0.29) is 5.41 Å². The topological polar surface area (TPSA) is 47.7 Å². The molecule has 0 amide bonds. The molecule has 0 spiro atoms. The highest BCUT2D eigenvalue weighted by Gasteiger charge is 2.45. The number of hydrogen-bond donors (Lipinski definition) is 1. The molecule has 1 aromatic carbocycles. The first-order valence-corrected chi connectivity index (χ1v) is 7.91. The van der Waals surface area contributed by atoms with Crippen LogP contribution < -0.4 is 15.2 Å². The molecule has 1 saturated heterocycles. The summed E-state index contributed by atoms with van der Waals surface area (Å²) in [5.74, 6) is 1.77. The first kappa shape index (κ1) is 14.7. The van der Waals surface area contributed by atoms with E-state index in [1.165, 1.54) is 5.56 Å². The lowest BCUT2D eigenvalue weighted by atomic mass is 9.94. The zero-order valence-corrected chi connectivity index (χ0v) is 13.1. The van der Waals surface area contributed by atoms with Gasteiger partial charge in [0.05, 0.1) is 7.11 Å². The van der Waals surface area contributed by atoms with Crippen LogP contribution in [0.3, 0.4) is 0 Å². The van der Waals surface area contributed by atoms with Crippen LogP contribution in [0.1, 0.15) is 31.2 Å². The molecule has 1 saturated carbocycles. The third-order valence-electron chi connectivity index (χ3n) is 4.96. The van der Waals surface area contributed by atoms with Crippen LogP contribution in [0.25, 0.3) is 0 Å². The van der Waals surface area contributed by atoms with Crippen LogP contribution in [0.2, 0.25) is 0 Å². The van der Waals surface area contributed by atoms with E-state index in [2.05, 4.69) is 24.1 Å². The summed E-state index contributed by atoms with van der Waals surface area (Å²) in [6.07, 6.45) is 4.74. The molecule has 1 heterocycles. The summed E-state index contributed by atoms with van der Waals surface area (Å²) in [6.45, 7) is 2.87. The summed E-state index contributed by atoms with van der Waals surface area (Å²) in [5.41, 5.74) is 7.31. The van der Waals surface area contributed by atoms with Gasteiger partial charge in [0.15, 0.2) is 11.5 Å². The van der Waals surface area contributed by atoms with Crippen LogP contribution in [0.4, 0.5) is 0 Å². The van der Waals surface area contributed by atoms with Gasteiger partial charge in [0, 0.05) is 30.6 Å². The monoisotopic (exact) mass is 290 g/mol. The summed E-state index contributed by atoms with van der Waals surface area (Å²) in [7, 11) is 3.89. The molecule has 1 aliphatic carbocycles. The van der Waals surface area contributed by atoms with Crippen molar-refractivity contribution in [2.45, 2.75) is 37.2 Å². The number of nitrogens with two attached hydrogens (primary N) is 1. The minimum Gasteiger partial charge on any atom is -0.493 e. The van der Waals surface area contributed by atoms with Crippen LogP contribution in [0.15, 0.2) is 18.2 Å². The predicted molar refractivity (Wildman–Crippen MR) is 84.1 cm³/mol. The van der Waals surface area contributed by atoms with Gasteiger partial charge in [-0.1, -0.05) is 12.1 Å². The smallest absolute Gasteiger partial charge is 0.164 e. The van der Waals surface area contributed by atoms with Gasteiger partial charge in [0.25, 0.3) is 0 Å². The molecule has 0 radical (unpaired) electrons. The number of benzene rings is 1. The van der Waals surface area contributed by atoms with Crippen molar-refractivity contribution in [3.05, 3.63) is 23.8 Å². The second-order valence-corrected chi connectivity index (χ2v) is 6.44. The largest absolute Gasteiger partial charge is 0.493 e. The molecule has 2 aliphatic rings. The molecule has 4 nitrogen and oxygen atoms in total. The van der Waals surface area contributed by atoms with E-state index < -0.39 is 0 Å². The molecular weight excluding hydrogens is 264 g/mol. The van der Waals surface area contributed by atoms with Crippen molar-refractivity contribution in [1.82, 2.24) is 4.90 Å². The molecule has 0 aromatic heterocycles. The fraction of sp³-hybridized carbons (Fsp3) is 0.647. The molecule has 2 fully saturated rings. The van der Waals surface area contributed by atoms with Crippen molar-refractivity contribution in [3.8, 4) is 11.5 Å². The number of methoxy groups -OCH3 is 1. The average molecular weight is 290 g/mol. The van der Waals surface area contributed by atoms with Gasteiger partial charge in [-0.3, -0.25) is 0 Å². The zero-order valence-electron chi connectivity index (χ0n) is 13.1. The van der Waals surface area contributed by atoms with E-state index in [4.69, 9.17) is 15.2 Å². The lowest BCUT2D eigenvalue weighted by Gasteiger charge is -2.30. The molecular formula is C17H26N2O2. The van der Waals surface area contributed by atoms with Gasteiger partial charge in [-0.15, -0.1) is 0 Å². The molecule has 116 valence electrons. The van der Waals surface area contributed by atoms with Crippen LogP contribution in [-0.4, -0.2) is 44.8 Å². The van der Waals surface area contributed by atoms with Crippen LogP contribution in [0, 0.1) is 0 Å². The highest BCUT2D eigenvalue weighted by molar-refractivity contribution is 5.52. The Labute approximate surface area is 127 Å². The van der Waals surface area contributed by atoms with E-state index in [9.17, 15) is 0 Å². The number of ether oxygens (including phenoxy) is 2. The fourth-order valence-electron chi connectivity index (χ4n) is 3.25. The maximum Gasteiger partial charge on any atom is 0.164 e. The maximum atomic E-state index is 6.24. The highest BCUT2D eigenvalue weighted by Crippen LogP contribution is 2.52. The fourth-order valence-corrected chi connectivity index (χ4v) is 3.25. The molecule has 0 atom stereocenters. The highest BCUT2D eigenvalue weighted by atomic mass is 16.5. The first-order chi connectivity index (χ1) is 10.2. The van der Waals surface area contributed by atoms with E-state index in [1.54, 1.807) is 7.11 Å². The van der Waals surface area contributed by atoms with Gasteiger partial charge >= 0.3 is 0 Å². The minimum absolute atomic E-state index is 0.123. The molecule has 3 rings (SSSR count). The van der Waals surface area contributed by atoms with Crippen molar-refractivity contribution >= 4 is 0 Å². The summed E-state index contributed by atoms with van der Waals surface area (Å²) in [4.78, 5) is 2.35. The lowest BCUT2D eigenvalue weighted by Crippen LogP contribution is -2.35. The molecule has 0 bridgehead atoms. The quantitative estimate of drug-likeness (QED) is 0.903. The van der Waals surface area contributed by atoms with Gasteiger partial charge in [0.2, 0.25) is 0 Å². The Bertz CT molecular complexity index is 492. The second kappa shape index (κ2) is 5.85. The Hall–Kier alpha value is -1.26. The molecule has 21 heavy (non-hydrogen) atoms. The normalized spacial score (nSPS) is 22.0. The Morgan fingerprint density at radius 2 is 2.00 bits per heavy atom. The number of para-hydroxylation sites is 1. The summed E-state index contributed by atoms with van der Waals surface area (Å²) < 4.78 is 11.9. The molecule has 2 N–H and O–H groups in total. The summed E-state index contributed by atoms with van der Waals surface area (Å²) >= 11 is 0. The standard InChI is InChI=1S/C17H26N2O2/c1-19-10-6-13(7-11-19)21-15-5-3-4-14(16(15)20-2)17(12-18)8-9-17/h3-5,13H,6-12,18H2,1-2H3. The summed E-state index contributed by atoms with van der Waals surface area (Å²) in [5, 5.41) is 0. The van der Waals surface area contributed by atoms with Gasteiger partial charge in [-0.05, 0) is 38.8 Å². The van der Waals surface area contributed by atoms with E-state index in [0.29, 0.717) is 12.6 Å². The van der Waals surface area contributed by atoms with Gasteiger partial charge in [0.1, 0.15) is 6.10 Å². The zero-order chi connectivity index (χ0) is 14.9. The minimum atomic E-state index is 0.123. The molecule has 1 aromatic rings. The van der Waals surface area contributed by atoms with Gasteiger partial charge < -0.3 is 20.1 Å². The second-order valence-electron chi connectivity index (χ2n) is 6.44. The van der Waals surface area contributed by atoms with Gasteiger partial charge in [-0.25, -0.2) is 0 Å². The Morgan fingerprint density at radius 1 is 1.29 bits per heavy atom.